The van der Waals surface area contributed by atoms with Crippen LogP contribution in [-0.2, 0) is 20.0 Å². The maximum Gasteiger partial charge on any atom is 0.480 e. The molecular weight excluding hydrogens is 438 g/mol. The first-order valence-electron chi connectivity index (χ1n) is 8.59. The van der Waals surface area contributed by atoms with E-state index in [9.17, 15) is 43.2 Å². The van der Waals surface area contributed by atoms with E-state index < -0.39 is 31.1 Å². The zero-order valence-electron chi connectivity index (χ0n) is 16.3. The fraction of sp³-hybridized carbons (Fsp3) is 1.00. The molecule has 0 radical (unpaired) electrons. The van der Waals surface area contributed by atoms with E-state index in [0.717, 1.165) is 4.13 Å². The number of hydrogen-bond acceptors (Lipinski definition) is 4. The van der Waals surface area contributed by atoms with Crippen molar-refractivity contribution >= 4 is 20.0 Å². The number of rotatable bonds is 10. The molecule has 0 aromatic carbocycles. The summed E-state index contributed by atoms with van der Waals surface area (Å²) in [5.74, 6) is 0. The largest absolute Gasteiger partial charge is 0.480 e. The quantitative estimate of drug-likeness (QED) is 0.270. The molecule has 0 aliphatic rings. The molecular formula is C14H28F6N2O4S2. The molecule has 172 valence electrons. The van der Waals surface area contributed by atoms with Crippen LogP contribution in [0.1, 0.15) is 52.9 Å². The smallest absolute Gasteiger partial charge is 0.421 e. The van der Waals surface area contributed by atoms with Gasteiger partial charge in [-0.05, 0) is 25.7 Å². The summed E-state index contributed by atoms with van der Waals surface area (Å²) in [5.41, 5.74) is -12.4. The van der Waals surface area contributed by atoms with Crippen LogP contribution < -0.4 is 0 Å². The highest BCUT2D eigenvalue weighted by Gasteiger charge is 2.46. The first kappa shape index (κ1) is 29.6. The van der Waals surface area contributed by atoms with Crippen molar-refractivity contribution in [2.45, 2.75) is 63.9 Å². The molecule has 6 nitrogen and oxygen atoms in total. The van der Waals surface area contributed by atoms with E-state index in [1.165, 1.54) is 56.2 Å². The van der Waals surface area contributed by atoms with E-state index in [1.807, 2.05) is 0 Å². The van der Waals surface area contributed by atoms with Gasteiger partial charge in [-0.25, -0.2) is 16.8 Å². The summed E-state index contributed by atoms with van der Waals surface area (Å²) in [6.07, 6.45) is 6.80. The number of halogens is 6. The Morgan fingerprint density at radius 1 is 0.679 bits per heavy atom. The van der Waals surface area contributed by atoms with Crippen LogP contribution in [-0.4, -0.2) is 59.0 Å². The molecule has 0 N–H and O–H groups in total. The second-order valence-electron chi connectivity index (χ2n) is 6.41. The van der Waals surface area contributed by atoms with E-state index in [4.69, 9.17) is 0 Å². The molecule has 0 saturated carbocycles. The minimum absolute atomic E-state index is 0.778. The van der Waals surface area contributed by atoms with Crippen molar-refractivity contribution < 1.29 is 47.7 Å². The SMILES string of the molecule is CCCCC[N+](C)(CCC)CCC.O=S(=O)([N-]S(=O)(=O)C(F)(F)F)C(F)(F)F. The summed E-state index contributed by atoms with van der Waals surface area (Å²) < 4.78 is 110. The average Bonchev–Trinajstić information content (AvgIpc) is 2.45. The highest BCUT2D eigenvalue weighted by molar-refractivity contribution is 8.13. The zero-order valence-corrected chi connectivity index (χ0v) is 17.9. The Bertz CT molecular complexity index is 598. The highest BCUT2D eigenvalue weighted by atomic mass is 32.3. The molecule has 0 aromatic rings. The Hall–Kier alpha value is -0.600. The molecule has 0 bridgehead atoms. The maximum atomic E-state index is 11.4. The topological polar surface area (TPSA) is 82.4 Å². The highest BCUT2D eigenvalue weighted by Crippen LogP contribution is 2.36. The molecule has 0 saturated heterocycles. The van der Waals surface area contributed by atoms with Crippen molar-refractivity contribution in [1.82, 2.24) is 0 Å². The number of unbranched alkanes of at least 4 members (excludes halogenated alkanes) is 2. The average molecular weight is 467 g/mol. The molecule has 0 atom stereocenters. The predicted molar refractivity (Wildman–Crippen MR) is 94.2 cm³/mol. The van der Waals surface area contributed by atoms with Crippen LogP contribution in [0.25, 0.3) is 4.13 Å². The van der Waals surface area contributed by atoms with Crippen molar-refractivity contribution in [3.63, 3.8) is 0 Å². The van der Waals surface area contributed by atoms with Crippen molar-refractivity contribution in [2.75, 3.05) is 26.7 Å². The van der Waals surface area contributed by atoms with Gasteiger partial charge < -0.3 is 8.61 Å². The second kappa shape index (κ2) is 11.6. The molecule has 0 aliphatic carbocycles. The Morgan fingerprint density at radius 2 is 1.04 bits per heavy atom. The summed E-state index contributed by atoms with van der Waals surface area (Å²) in [6, 6.07) is 0. The van der Waals surface area contributed by atoms with E-state index in [0.29, 0.717) is 0 Å². The number of hydrogen-bond donors (Lipinski definition) is 0. The lowest BCUT2D eigenvalue weighted by molar-refractivity contribution is -0.909. The predicted octanol–water partition coefficient (Wildman–Crippen LogP) is 4.50. The summed E-state index contributed by atoms with van der Waals surface area (Å²) in [5, 5.41) is 0. The van der Waals surface area contributed by atoms with Crippen LogP contribution >= 0.6 is 0 Å². The molecule has 0 aliphatic heterocycles. The fourth-order valence-electron chi connectivity index (χ4n) is 2.37. The third kappa shape index (κ3) is 10.8. The maximum absolute atomic E-state index is 11.4. The van der Waals surface area contributed by atoms with Gasteiger partial charge in [0.2, 0.25) is 0 Å². The van der Waals surface area contributed by atoms with E-state index in [2.05, 4.69) is 27.8 Å². The molecule has 0 unspecified atom stereocenters. The van der Waals surface area contributed by atoms with Gasteiger partial charge in [0.05, 0.1) is 26.7 Å². The Morgan fingerprint density at radius 3 is 1.29 bits per heavy atom. The number of sulfonamides is 2. The van der Waals surface area contributed by atoms with Gasteiger partial charge in [0.1, 0.15) is 0 Å². The standard InChI is InChI=1S/C12H28N.C2F6NO4S2/c1-5-8-9-12-13(4,10-6-2)11-7-3;3-1(4,5)14(10,11)9-15(12,13)2(6,7)8/h5-12H2,1-4H3;/q+1;-1. The lowest BCUT2D eigenvalue weighted by Gasteiger charge is -2.34. The van der Waals surface area contributed by atoms with Crippen LogP contribution in [0.2, 0.25) is 0 Å². The van der Waals surface area contributed by atoms with Gasteiger partial charge in [-0.15, -0.1) is 0 Å². The Labute approximate surface area is 163 Å². The van der Waals surface area contributed by atoms with Gasteiger partial charge in [0.25, 0.3) is 0 Å². The van der Waals surface area contributed by atoms with Crippen LogP contribution in [0.4, 0.5) is 26.3 Å². The number of nitrogens with zero attached hydrogens (tertiary/aromatic N) is 2. The van der Waals surface area contributed by atoms with Gasteiger partial charge >= 0.3 is 11.0 Å². The molecule has 0 aromatic heterocycles. The minimum atomic E-state index is -6.72. The molecule has 0 rings (SSSR count). The normalized spacial score (nSPS) is 13.8. The molecule has 0 heterocycles. The summed E-state index contributed by atoms with van der Waals surface area (Å²) in [4.78, 5) is 0. The molecule has 0 spiro atoms. The monoisotopic (exact) mass is 466 g/mol. The second-order valence-corrected chi connectivity index (χ2v) is 9.84. The summed E-state index contributed by atoms with van der Waals surface area (Å²) in [7, 11) is -11.0. The lowest BCUT2D eigenvalue weighted by atomic mass is 10.2. The molecule has 0 fully saturated rings. The first-order chi connectivity index (χ1) is 12.4. The minimum Gasteiger partial charge on any atom is -0.421 e. The molecule has 0 amide bonds. The number of quaternary nitrogens is 1. The third-order valence-corrected chi connectivity index (χ3v) is 6.35. The molecule has 28 heavy (non-hydrogen) atoms. The van der Waals surface area contributed by atoms with Crippen molar-refractivity contribution in [2.24, 2.45) is 0 Å². The van der Waals surface area contributed by atoms with Crippen LogP contribution in [0.15, 0.2) is 0 Å². The van der Waals surface area contributed by atoms with Crippen LogP contribution in [0.3, 0.4) is 0 Å². The molecule has 14 heteroatoms. The van der Waals surface area contributed by atoms with Gasteiger partial charge in [-0.2, -0.15) is 26.3 Å². The van der Waals surface area contributed by atoms with Gasteiger partial charge in [0, 0.05) is 0 Å². The fourth-order valence-corrected chi connectivity index (χ4v) is 4.08. The van der Waals surface area contributed by atoms with Crippen LogP contribution in [0.5, 0.6) is 0 Å². The van der Waals surface area contributed by atoms with Gasteiger partial charge in [0.15, 0.2) is 20.0 Å². The van der Waals surface area contributed by atoms with Crippen molar-refractivity contribution in [3.8, 4) is 0 Å². The Balaban J connectivity index is 0. The summed E-state index contributed by atoms with van der Waals surface area (Å²) >= 11 is 0. The lowest BCUT2D eigenvalue weighted by Crippen LogP contribution is -2.45. The zero-order chi connectivity index (χ0) is 22.9. The van der Waals surface area contributed by atoms with E-state index in [1.54, 1.807) is 0 Å². The number of alkyl halides is 6. The van der Waals surface area contributed by atoms with Crippen molar-refractivity contribution in [3.05, 3.63) is 4.13 Å². The van der Waals surface area contributed by atoms with E-state index >= 15 is 0 Å². The van der Waals surface area contributed by atoms with Crippen LogP contribution in [0, 0.1) is 0 Å². The Kier molecular flexibility index (Phi) is 12.2. The first-order valence-corrected chi connectivity index (χ1v) is 11.5. The van der Waals surface area contributed by atoms with Crippen molar-refractivity contribution in [1.29, 1.82) is 0 Å². The summed E-state index contributed by atoms with van der Waals surface area (Å²) in [6.45, 7) is 11.0. The third-order valence-electron chi connectivity index (χ3n) is 3.61. The van der Waals surface area contributed by atoms with Gasteiger partial charge in [-0.1, -0.05) is 27.2 Å². The van der Waals surface area contributed by atoms with E-state index in [-0.39, 0.29) is 0 Å². The van der Waals surface area contributed by atoms with Gasteiger partial charge in [-0.3, -0.25) is 0 Å².